The van der Waals surface area contributed by atoms with Gasteiger partial charge in [0.05, 0.1) is 6.07 Å². The summed E-state index contributed by atoms with van der Waals surface area (Å²) in [7, 11) is 0. The molecule has 1 rings (SSSR count). The Kier molecular flexibility index (Phi) is 6.55. The molecule has 8 heteroatoms. The van der Waals surface area contributed by atoms with E-state index in [2.05, 4.69) is 10.5 Å². The summed E-state index contributed by atoms with van der Waals surface area (Å²) in [6.07, 6.45) is 10.1. The fourth-order valence-corrected chi connectivity index (χ4v) is 1.17. The van der Waals surface area contributed by atoms with Crippen LogP contribution in [-0.2, 0) is 0 Å². The monoisotopic (exact) mass is 297 g/mol. The first-order chi connectivity index (χ1) is 9.13. The van der Waals surface area contributed by atoms with E-state index in [0.29, 0.717) is 10.1 Å². The summed E-state index contributed by atoms with van der Waals surface area (Å²) in [4.78, 5) is 9.80. The van der Waals surface area contributed by atoms with Crippen LogP contribution in [0.2, 0.25) is 0 Å². The zero-order chi connectivity index (χ0) is 14.1. The van der Waals surface area contributed by atoms with E-state index in [9.17, 15) is 10.1 Å². The average molecular weight is 297 g/mol. The molecule has 0 spiro atoms. The van der Waals surface area contributed by atoms with Gasteiger partial charge in [-0.1, -0.05) is 36.1 Å². The fourth-order valence-electron chi connectivity index (χ4n) is 0.973. The van der Waals surface area contributed by atoms with E-state index in [-0.39, 0.29) is 5.88 Å². The second-order valence-corrected chi connectivity index (χ2v) is 4.54. The molecule has 0 aromatic carbocycles. The van der Waals surface area contributed by atoms with E-state index in [1.807, 2.05) is 6.26 Å². The second kappa shape index (κ2) is 8.22. The van der Waals surface area contributed by atoms with Crippen molar-refractivity contribution in [2.24, 2.45) is 5.10 Å². The van der Waals surface area contributed by atoms with Gasteiger partial charge in [-0.15, -0.1) is 0 Å². The van der Waals surface area contributed by atoms with Crippen LogP contribution in [-0.4, -0.2) is 21.7 Å². The number of nitro groups is 1. The molecule has 0 aliphatic rings. The van der Waals surface area contributed by atoms with Crippen molar-refractivity contribution in [3.05, 3.63) is 46.2 Å². The molecule has 0 saturated carbocycles. The van der Waals surface area contributed by atoms with Crippen molar-refractivity contribution >= 4 is 46.5 Å². The summed E-state index contributed by atoms with van der Waals surface area (Å²) >= 11 is 6.27. The van der Waals surface area contributed by atoms with Gasteiger partial charge in [0, 0.05) is 6.21 Å². The van der Waals surface area contributed by atoms with Crippen molar-refractivity contribution < 1.29 is 9.34 Å². The van der Waals surface area contributed by atoms with E-state index in [4.69, 9.17) is 16.6 Å². The van der Waals surface area contributed by atoms with E-state index < -0.39 is 4.92 Å². The molecule has 0 aliphatic carbocycles. The predicted octanol–water partition coefficient (Wildman–Crippen LogP) is 2.98. The number of thiocarbonyl (C=S) groups is 1. The molecular formula is C11H11N3O3S2. The summed E-state index contributed by atoms with van der Waals surface area (Å²) in [5, 5.41) is 14.2. The van der Waals surface area contributed by atoms with E-state index >= 15 is 0 Å². The maximum atomic E-state index is 10.4. The maximum Gasteiger partial charge on any atom is 0.433 e. The number of furan rings is 1. The van der Waals surface area contributed by atoms with Crippen LogP contribution in [0.5, 0.6) is 0 Å². The maximum absolute atomic E-state index is 10.4. The summed E-state index contributed by atoms with van der Waals surface area (Å²) in [5.41, 5.74) is 2.65. The molecule has 1 heterocycles. The lowest BCUT2D eigenvalue weighted by Gasteiger charge is -1.93. The van der Waals surface area contributed by atoms with Crippen LogP contribution in [0.1, 0.15) is 5.76 Å². The quantitative estimate of drug-likeness (QED) is 0.296. The molecule has 0 fully saturated rings. The summed E-state index contributed by atoms with van der Waals surface area (Å²) < 4.78 is 5.52. The summed E-state index contributed by atoms with van der Waals surface area (Å²) in [5.74, 6) is 0.134. The van der Waals surface area contributed by atoms with Crippen LogP contribution in [0.15, 0.2) is 39.9 Å². The first-order valence-electron chi connectivity index (χ1n) is 5.08. The number of hydrogen-bond acceptors (Lipinski definition) is 6. The molecule has 0 atom stereocenters. The first-order valence-corrected chi connectivity index (χ1v) is 6.71. The zero-order valence-electron chi connectivity index (χ0n) is 9.98. The molecule has 0 radical (unpaired) electrons. The van der Waals surface area contributed by atoms with Crippen LogP contribution in [0.4, 0.5) is 5.88 Å². The third-order valence-electron chi connectivity index (χ3n) is 1.78. The number of nitrogens with zero attached hydrogens (tertiary/aromatic N) is 2. The molecule has 19 heavy (non-hydrogen) atoms. The molecule has 0 amide bonds. The van der Waals surface area contributed by atoms with Crippen molar-refractivity contribution in [1.29, 1.82) is 0 Å². The van der Waals surface area contributed by atoms with Crippen molar-refractivity contribution in [2.75, 3.05) is 6.26 Å². The first kappa shape index (κ1) is 15.1. The Balaban J connectivity index is 2.40. The highest BCUT2D eigenvalue weighted by atomic mass is 32.2. The van der Waals surface area contributed by atoms with Crippen molar-refractivity contribution in [3.63, 3.8) is 0 Å². The molecule has 0 aliphatic heterocycles. The summed E-state index contributed by atoms with van der Waals surface area (Å²) in [6, 6.07) is 2.83. The Labute approximate surface area is 119 Å². The van der Waals surface area contributed by atoms with E-state index in [1.54, 1.807) is 24.3 Å². The van der Waals surface area contributed by atoms with Gasteiger partial charge in [0.1, 0.15) is 10.7 Å². The van der Waals surface area contributed by atoms with Crippen LogP contribution in [0.3, 0.4) is 0 Å². The van der Waals surface area contributed by atoms with Gasteiger partial charge in [-0.3, -0.25) is 15.5 Å². The van der Waals surface area contributed by atoms with Crippen LogP contribution in [0.25, 0.3) is 6.08 Å². The van der Waals surface area contributed by atoms with Gasteiger partial charge in [0.2, 0.25) is 0 Å². The number of hydrogen-bond donors (Lipinski definition) is 1. The highest BCUT2D eigenvalue weighted by Crippen LogP contribution is 2.16. The standard InChI is InChI=1S/C11H11N3O3S2/c1-19-11(18)13-12-8-4-2-3-5-9-6-7-10(17-9)14(15)16/h2-8H,1H3,(H,13,18). The van der Waals surface area contributed by atoms with Gasteiger partial charge in [0.15, 0.2) is 4.32 Å². The number of nitrogens with one attached hydrogen (secondary N) is 1. The molecule has 0 saturated heterocycles. The van der Waals surface area contributed by atoms with E-state index in [0.717, 1.165) is 0 Å². The zero-order valence-corrected chi connectivity index (χ0v) is 11.6. The Morgan fingerprint density at radius 3 is 2.95 bits per heavy atom. The Hall–Kier alpha value is -1.93. The third kappa shape index (κ3) is 5.98. The largest absolute Gasteiger partial charge is 0.433 e. The Morgan fingerprint density at radius 2 is 2.32 bits per heavy atom. The van der Waals surface area contributed by atoms with Gasteiger partial charge in [-0.05, 0) is 24.5 Å². The Morgan fingerprint density at radius 1 is 1.53 bits per heavy atom. The predicted molar refractivity (Wildman–Crippen MR) is 81.3 cm³/mol. The number of rotatable bonds is 5. The topological polar surface area (TPSA) is 80.7 Å². The molecule has 1 aromatic heterocycles. The second-order valence-electron chi connectivity index (χ2n) is 3.06. The molecule has 0 bridgehead atoms. The minimum Gasteiger partial charge on any atom is -0.401 e. The molecule has 6 nitrogen and oxygen atoms in total. The minimum atomic E-state index is -0.583. The highest BCUT2D eigenvalue weighted by Gasteiger charge is 2.09. The summed E-state index contributed by atoms with van der Waals surface area (Å²) in [6.45, 7) is 0. The lowest BCUT2D eigenvalue weighted by molar-refractivity contribution is -0.402. The van der Waals surface area contributed by atoms with Crippen molar-refractivity contribution in [3.8, 4) is 0 Å². The molecule has 1 aromatic rings. The van der Waals surface area contributed by atoms with Gasteiger partial charge >= 0.3 is 5.88 Å². The normalized spacial score (nSPS) is 11.6. The molecule has 0 unspecified atom stereocenters. The van der Waals surface area contributed by atoms with Crippen molar-refractivity contribution in [1.82, 2.24) is 5.43 Å². The van der Waals surface area contributed by atoms with Gasteiger partial charge in [-0.25, -0.2) is 0 Å². The Bertz CT molecular complexity index is 535. The number of hydrazone groups is 1. The smallest absolute Gasteiger partial charge is 0.401 e. The number of allylic oxidation sites excluding steroid dienone is 3. The van der Waals surface area contributed by atoms with Crippen LogP contribution in [0, 0.1) is 10.1 Å². The van der Waals surface area contributed by atoms with Gasteiger partial charge in [0.25, 0.3) is 0 Å². The molecule has 100 valence electrons. The number of thioether (sulfide) groups is 1. The van der Waals surface area contributed by atoms with Crippen LogP contribution >= 0.6 is 24.0 Å². The highest BCUT2D eigenvalue weighted by molar-refractivity contribution is 8.22. The third-order valence-corrected chi connectivity index (χ3v) is 2.83. The minimum absolute atomic E-state index is 0.278. The lowest BCUT2D eigenvalue weighted by Crippen LogP contribution is -2.09. The van der Waals surface area contributed by atoms with Crippen molar-refractivity contribution in [2.45, 2.75) is 0 Å². The van der Waals surface area contributed by atoms with E-state index in [1.165, 1.54) is 30.1 Å². The molecule has 1 N–H and O–H groups in total. The SMILES string of the molecule is CSC(=S)NN=CC=CC=Cc1ccc([N+](=O)[O-])o1. The van der Waals surface area contributed by atoms with Crippen LogP contribution < -0.4 is 5.43 Å². The average Bonchev–Trinajstić information content (AvgIpc) is 2.86. The van der Waals surface area contributed by atoms with Gasteiger partial charge < -0.3 is 4.42 Å². The van der Waals surface area contributed by atoms with Gasteiger partial charge in [-0.2, -0.15) is 5.10 Å². The lowest BCUT2D eigenvalue weighted by atomic mass is 10.4. The molecular weight excluding hydrogens is 286 g/mol. The fraction of sp³-hybridized carbons (Fsp3) is 0.0909.